The van der Waals surface area contributed by atoms with Crippen molar-refractivity contribution in [2.75, 3.05) is 5.32 Å². The van der Waals surface area contributed by atoms with Crippen LogP contribution < -0.4 is 11.1 Å². The Morgan fingerprint density at radius 3 is 2.76 bits per heavy atom. The van der Waals surface area contributed by atoms with Crippen molar-refractivity contribution in [1.82, 2.24) is 10.2 Å². The number of nitrogens with one attached hydrogen (secondary N) is 1. The van der Waals surface area contributed by atoms with Gasteiger partial charge in [-0.15, -0.1) is 10.2 Å². The highest BCUT2D eigenvalue weighted by molar-refractivity contribution is 8.02. The van der Waals surface area contributed by atoms with Crippen LogP contribution in [0.5, 0.6) is 0 Å². The van der Waals surface area contributed by atoms with Gasteiger partial charge in [0.2, 0.25) is 11.0 Å². The molecule has 0 unspecified atom stereocenters. The molecule has 0 aliphatic heterocycles. The van der Waals surface area contributed by atoms with Crippen molar-refractivity contribution in [3.8, 4) is 0 Å². The second-order valence-electron chi connectivity index (χ2n) is 4.71. The number of thioether (sulfide) groups is 1. The Morgan fingerprint density at radius 2 is 2.14 bits per heavy atom. The van der Waals surface area contributed by atoms with Gasteiger partial charge in [0.15, 0.2) is 4.34 Å². The molecule has 0 aliphatic rings. The van der Waals surface area contributed by atoms with Crippen molar-refractivity contribution in [3.63, 3.8) is 0 Å². The summed E-state index contributed by atoms with van der Waals surface area (Å²) in [6, 6.07) is 6.14. The van der Waals surface area contributed by atoms with Gasteiger partial charge in [0, 0.05) is 5.69 Å². The van der Waals surface area contributed by atoms with Crippen LogP contribution in [0.1, 0.15) is 24.5 Å². The van der Waals surface area contributed by atoms with Crippen LogP contribution >= 0.6 is 23.1 Å². The van der Waals surface area contributed by atoms with Crippen molar-refractivity contribution >= 4 is 39.8 Å². The van der Waals surface area contributed by atoms with Gasteiger partial charge in [-0.25, -0.2) is 0 Å². The molecule has 21 heavy (non-hydrogen) atoms. The summed E-state index contributed by atoms with van der Waals surface area (Å²) < 4.78 is 0.743. The minimum absolute atomic E-state index is 0.257. The molecule has 0 radical (unpaired) electrons. The van der Waals surface area contributed by atoms with Gasteiger partial charge in [0.25, 0.3) is 0 Å². The largest absolute Gasteiger partial charge is 0.369 e. The van der Waals surface area contributed by atoms with Crippen LogP contribution in [0, 0.1) is 13.8 Å². The molecule has 0 fully saturated rings. The van der Waals surface area contributed by atoms with E-state index in [4.69, 9.17) is 5.73 Å². The molecule has 1 amide bonds. The van der Waals surface area contributed by atoms with Gasteiger partial charge >= 0.3 is 0 Å². The van der Waals surface area contributed by atoms with Gasteiger partial charge in [-0.1, -0.05) is 36.1 Å². The van der Waals surface area contributed by atoms with Crippen LogP contribution in [-0.4, -0.2) is 21.4 Å². The number of hydrogen-bond acceptors (Lipinski definition) is 6. The van der Waals surface area contributed by atoms with Crippen molar-refractivity contribution in [3.05, 3.63) is 29.3 Å². The number of hydrogen-bond donors (Lipinski definition) is 2. The number of carbonyl (C=O) groups excluding carboxylic acids is 1. The zero-order valence-electron chi connectivity index (χ0n) is 12.2. The highest BCUT2D eigenvalue weighted by Gasteiger charge is 2.17. The summed E-state index contributed by atoms with van der Waals surface area (Å²) >= 11 is 2.78. The van der Waals surface area contributed by atoms with Gasteiger partial charge in [0.05, 0.1) is 5.25 Å². The Labute approximate surface area is 132 Å². The first kappa shape index (κ1) is 15.8. The van der Waals surface area contributed by atoms with Gasteiger partial charge < -0.3 is 11.1 Å². The highest BCUT2D eigenvalue weighted by Crippen LogP contribution is 2.31. The number of rotatable bonds is 6. The number of primary amides is 1. The second kappa shape index (κ2) is 6.91. The lowest BCUT2D eigenvalue weighted by Crippen LogP contribution is -2.24. The Bertz CT molecular complexity index is 642. The molecule has 1 heterocycles. The van der Waals surface area contributed by atoms with E-state index in [1.54, 1.807) is 0 Å². The zero-order chi connectivity index (χ0) is 15.4. The number of nitrogens with two attached hydrogens (primary N) is 1. The van der Waals surface area contributed by atoms with Crippen molar-refractivity contribution in [1.29, 1.82) is 0 Å². The lowest BCUT2D eigenvalue weighted by Gasteiger charge is -2.06. The van der Waals surface area contributed by atoms with E-state index in [9.17, 15) is 4.79 Å². The average Bonchev–Trinajstić information content (AvgIpc) is 2.87. The van der Waals surface area contributed by atoms with E-state index in [-0.39, 0.29) is 11.2 Å². The molecular formula is C14H18N4OS2. The molecule has 7 heteroatoms. The van der Waals surface area contributed by atoms with Crippen molar-refractivity contribution in [2.24, 2.45) is 5.73 Å². The summed E-state index contributed by atoms with van der Waals surface area (Å²) in [5.41, 5.74) is 8.79. The number of aryl methyl sites for hydroxylation is 2. The smallest absolute Gasteiger partial charge is 0.230 e. The normalized spacial score (nSPS) is 12.1. The van der Waals surface area contributed by atoms with E-state index in [2.05, 4.69) is 41.5 Å². The van der Waals surface area contributed by atoms with E-state index in [0.717, 1.165) is 10.0 Å². The summed E-state index contributed by atoms with van der Waals surface area (Å²) in [4.78, 5) is 11.2. The Morgan fingerprint density at radius 1 is 1.38 bits per heavy atom. The number of amides is 1. The fraction of sp³-hybridized carbons (Fsp3) is 0.357. The summed E-state index contributed by atoms with van der Waals surface area (Å²) in [6.07, 6.45) is 0.680. The SMILES string of the molecule is CC[C@@H](Sc1nnc(Nc2ccc(C)c(C)c2)s1)C(N)=O. The monoisotopic (exact) mass is 322 g/mol. The highest BCUT2D eigenvalue weighted by atomic mass is 32.2. The van der Waals surface area contributed by atoms with Crippen LogP contribution in [-0.2, 0) is 4.79 Å². The third-order valence-corrected chi connectivity index (χ3v) is 5.40. The third-order valence-electron chi connectivity index (χ3n) is 3.10. The fourth-order valence-corrected chi connectivity index (χ4v) is 3.60. The van der Waals surface area contributed by atoms with Gasteiger partial charge in [-0.05, 0) is 43.5 Å². The molecule has 0 aliphatic carbocycles. The minimum atomic E-state index is -0.318. The summed E-state index contributed by atoms with van der Waals surface area (Å²) in [5, 5.41) is 11.9. The van der Waals surface area contributed by atoms with Gasteiger partial charge in [0.1, 0.15) is 0 Å². The number of benzene rings is 1. The molecule has 0 saturated heterocycles. The predicted octanol–water partition coefficient (Wildman–Crippen LogP) is 3.25. The molecule has 5 nitrogen and oxygen atoms in total. The molecule has 0 spiro atoms. The molecule has 1 aromatic carbocycles. The van der Waals surface area contributed by atoms with E-state index in [1.165, 1.54) is 34.2 Å². The number of carbonyl (C=O) groups is 1. The lowest BCUT2D eigenvalue weighted by molar-refractivity contribution is -0.117. The van der Waals surface area contributed by atoms with Crippen molar-refractivity contribution < 1.29 is 4.79 Å². The first-order valence-corrected chi connectivity index (χ1v) is 8.33. The lowest BCUT2D eigenvalue weighted by atomic mass is 10.1. The topological polar surface area (TPSA) is 80.9 Å². The molecule has 3 N–H and O–H groups in total. The minimum Gasteiger partial charge on any atom is -0.369 e. The van der Waals surface area contributed by atoms with Gasteiger partial charge in [-0.2, -0.15) is 0 Å². The van der Waals surface area contributed by atoms with Crippen LogP contribution in [0.15, 0.2) is 22.5 Å². The zero-order valence-corrected chi connectivity index (χ0v) is 13.8. The standard InChI is InChI=1S/C14H18N4OS2/c1-4-11(12(15)19)20-14-18-17-13(21-14)16-10-6-5-8(2)9(3)7-10/h5-7,11H,4H2,1-3H3,(H2,15,19)(H,16,17)/t11-/m1/s1. The van der Waals surface area contributed by atoms with Crippen LogP contribution in [0.4, 0.5) is 10.8 Å². The molecule has 1 aromatic heterocycles. The Kier molecular flexibility index (Phi) is 5.19. The molecule has 1 atom stereocenters. The summed E-state index contributed by atoms with van der Waals surface area (Å²) in [5.74, 6) is -0.318. The first-order valence-electron chi connectivity index (χ1n) is 6.63. The Balaban J connectivity index is 2.06. The third kappa shape index (κ3) is 4.18. The fourth-order valence-electron chi connectivity index (χ4n) is 1.71. The molecule has 0 bridgehead atoms. The average molecular weight is 322 g/mol. The maximum atomic E-state index is 11.2. The molecule has 0 saturated carbocycles. The van der Waals surface area contributed by atoms with E-state index >= 15 is 0 Å². The number of aromatic nitrogens is 2. The van der Waals surface area contributed by atoms with Crippen LogP contribution in [0.2, 0.25) is 0 Å². The maximum Gasteiger partial charge on any atom is 0.230 e. The molecule has 2 aromatic rings. The first-order chi connectivity index (χ1) is 9.99. The molecule has 112 valence electrons. The number of anilines is 2. The maximum absolute atomic E-state index is 11.2. The second-order valence-corrected chi connectivity index (χ2v) is 7.14. The summed E-state index contributed by atoms with van der Waals surface area (Å²) in [7, 11) is 0. The van der Waals surface area contributed by atoms with E-state index < -0.39 is 0 Å². The molecular weight excluding hydrogens is 304 g/mol. The quantitative estimate of drug-likeness (QED) is 0.798. The van der Waals surface area contributed by atoms with E-state index in [1.807, 2.05) is 13.0 Å². The Hall–Kier alpha value is -1.60. The predicted molar refractivity (Wildman–Crippen MR) is 88.2 cm³/mol. The van der Waals surface area contributed by atoms with Crippen LogP contribution in [0.25, 0.3) is 0 Å². The number of nitrogens with zero attached hydrogens (tertiary/aromatic N) is 2. The van der Waals surface area contributed by atoms with E-state index in [0.29, 0.717) is 11.6 Å². The van der Waals surface area contributed by atoms with Crippen molar-refractivity contribution in [2.45, 2.75) is 36.8 Å². The summed E-state index contributed by atoms with van der Waals surface area (Å²) in [6.45, 7) is 6.08. The molecule has 2 rings (SSSR count). The van der Waals surface area contributed by atoms with Gasteiger partial charge in [-0.3, -0.25) is 4.79 Å². The van der Waals surface area contributed by atoms with Crippen LogP contribution in [0.3, 0.4) is 0 Å².